The van der Waals surface area contributed by atoms with Gasteiger partial charge < -0.3 is 28.8 Å². The van der Waals surface area contributed by atoms with Gasteiger partial charge in [0, 0.05) is 52.9 Å². The normalized spacial score (nSPS) is 24.9. The molecule has 2 amide bonds. The SMILES string of the molecule is COC1C(O)OC2C(C1O)n1c3ccc([N+](=O)[O-])cc3c3c4c(c5c6cc([N+](=O)[O-])ccc6n2c5c31)C(=O)NC4=O. The van der Waals surface area contributed by atoms with E-state index in [1.165, 1.54) is 43.5 Å². The highest BCUT2D eigenvalue weighted by molar-refractivity contribution is 6.39. The van der Waals surface area contributed by atoms with Crippen LogP contribution < -0.4 is 5.32 Å². The van der Waals surface area contributed by atoms with Gasteiger partial charge in [-0.05, 0) is 12.1 Å². The number of fused-ring (bicyclic) bond motifs is 12. The number of carbonyl (C=O) groups is 2. The highest BCUT2D eigenvalue weighted by atomic mass is 16.7. The average molecular weight is 559 g/mol. The molecule has 41 heavy (non-hydrogen) atoms. The number of aliphatic hydroxyl groups excluding tert-OH is 2. The summed E-state index contributed by atoms with van der Waals surface area (Å²) in [6.45, 7) is 0. The maximum absolute atomic E-state index is 13.3. The summed E-state index contributed by atoms with van der Waals surface area (Å²) in [4.78, 5) is 48.9. The van der Waals surface area contributed by atoms with Crippen LogP contribution in [-0.2, 0) is 9.47 Å². The number of aliphatic hydroxyl groups is 2. The van der Waals surface area contributed by atoms with Crippen LogP contribution in [0.2, 0.25) is 0 Å². The average Bonchev–Trinajstić information content (AvgIpc) is 3.55. The number of imide groups is 1. The molecular weight excluding hydrogens is 542 g/mol. The molecule has 0 radical (unpaired) electrons. The van der Waals surface area contributed by atoms with Gasteiger partial charge >= 0.3 is 0 Å². The number of aromatic nitrogens is 2. The Hall–Kier alpha value is -4.96. The minimum absolute atomic E-state index is 0.0275. The smallest absolute Gasteiger partial charge is 0.270 e. The Balaban J connectivity index is 1.68. The third-order valence-corrected chi connectivity index (χ3v) is 8.41. The maximum atomic E-state index is 13.3. The lowest BCUT2D eigenvalue weighted by atomic mass is 9.94. The molecule has 206 valence electrons. The van der Waals surface area contributed by atoms with E-state index in [4.69, 9.17) is 9.47 Å². The molecule has 0 bridgehead atoms. The predicted octanol–water partition coefficient (Wildman–Crippen LogP) is 2.38. The first kappa shape index (κ1) is 23.9. The lowest BCUT2D eigenvalue weighted by molar-refractivity contribution is -0.384. The molecule has 0 aliphatic carbocycles. The number of nitrogens with zero attached hydrogens (tertiary/aromatic N) is 4. The van der Waals surface area contributed by atoms with Crippen molar-refractivity contribution in [1.29, 1.82) is 0 Å². The number of nitrogens with one attached hydrogen (secondary N) is 1. The van der Waals surface area contributed by atoms with E-state index in [2.05, 4.69) is 5.32 Å². The molecule has 5 heterocycles. The first-order chi connectivity index (χ1) is 19.6. The summed E-state index contributed by atoms with van der Waals surface area (Å²) in [5, 5.41) is 49.2. The van der Waals surface area contributed by atoms with Crippen LogP contribution in [0.15, 0.2) is 36.4 Å². The third-order valence-electron chi connectivity index (χ3n) is 8.41. The van der Waals surface area contributed by atoms with Crippen molar-refractivity contribution in [2.24, 2.45) is 0 Å². The molecule has 15 heteroatoms. The Labute approximate surface area is 226 Å². The zero-order chi connectivity index (χ0) is 28.6. The van der Waals surface area contributed by atoms with E-state index in [1.807, 2.05) is 0 Å². The molecule has 0 saturated carbocycles. The summed E-state index contributed by atoms with van der Waals surface area (Å²) < 4.78 is 14.7. The van der Waals surface area contributed by atoms with Gasteiger partial charge in [0.25, 0.3) is 23.2 Å². The Morgan fingerprint density at radius 3 is 1.90 bits per heavy atom. The summed E-state index contributed by atoms with van der Waals surface area (Å²) in [6.07, 6.45) is -5.22. The topological polar surface area (TPSA) is 201 Å². The van der Waals surface area contributed by atoms with Crippen LogP contribution in [0.3, 0.4) is 0 Å². The van der Waals surface area contributed by atoms with Crippen molar-refractivity contribution in [2.45, 2.75) is 30.8 Å². The molecule has 3 aliphatic heterocycles. The van der Waals surface area contributed by atoms with Crippen LogP contribution in [-0.4, -0.2) is 66.6 Å². The van der Waals surface area contributed by atoms with Gasteiger partial charge in [-0.1, -0.05) is 0 Å². The molecule has 1 saturated heterocycles. The Morgan fingerprint density at radius 2 is 1.39 bits per heavy atom. The Morgan fingerprint density at radius 1 is 0.878 bits per heavy atom. The summed E-state index contributed by atoms with van der Waals surface area (Å²) in [5.41, 5.74) is 0.943. The fraction of sp³-hybridized carbons (Fsp3) is 0.231. The van der Waals surface area contributed by atoms with Crippen molar-refractivity contribution in [3.05, 3.63) is 67.8 Å². The quantitative estimate of drug-likeness (QED) is 0.167. The second-order valence-corrected chi connectivity index (χ2v) is 10.2. The number of carbonyl (C=O) groups excluding carboxylic acids is 2. The van der Waals surface area contributed by atoms with E-state index in [-0.39, 0.29) is 44.0 Å². The molecular formula is C26H17N5O10. The zero-order valence-electron chi connectivity index (χ0n) is 20.8. The number of nitro benzene ring substituents is 2. The lowest BCUT2D eigenvalue weighted by Crippen LogP contribution is -2.54. The van der Waals surface area contributed by atoms with Gasteiger partial charge in [-0.2, -0.15) is 0 Å². The van der Waals surface area contributed by atoms with Crippen molar-refractivity contribution >= 4 is 66.8 Å². The monoisotopic (exact) mass is 559 g/mol. The second-order valence-electron chi connectivity index (χ2n) is 10.2. The molecule has 3 N–H and O–H groups in total. The highest BCUT2D eigenvalue weighted by Crippen LogP contribution is 2.54. The van der Waals surface area contributed by atoms with Gasteiger partial charge in [-0.15, -0.1) is 0 Å². The van der Waals surface area contributed by atoms with Crippen molar-refractivity contribution in [3.8, 4) is 0 Å². The van der Waals surface area contributed by atoms with Gasteiger partial charge in [0.15, 0.2) is 12.5 Å². The summed E-state index contributed by atoms with van der Waals surface area (Å²) in [6, 6.07) is 7.14. The fourth-order valence-electron chi connectivity index (χ4n) is 6.89. The van der Waals surface area contributed by atoms with Crippen LogP contribution in [0.4, 0.5) is 11.4 Å². The van der Waals surface area contributed by atoms with E-state index in [0.717, 1.165) is 0 Å². The van der Waals surface area contributed by atoms with E-state index >= 15 is 0 Å². The van der Waals surface area contributed by atoms with Gasteiger partial charge in [0.05, 0.1) is 43.0 Å². The number of non-ortho nitro benzene ring substituents is 2. The van der Waals surface area contributed by atoms with E-state index in [1.54, 1.807) is 9.13 Å². The number of hydrogen-bond donors (Lipinski definition) is 3. The van der Waals surface area contributed by atoms with E-state index in [0.29, 0.717) is 22.1 Å². The molecule has 0 spiro atoms. The number of ether oxygens (including phenoxy) is 2. The number of hydrogen-bond acceptors (Lipinski definition) is 10. The predicted molar refractivity (Wildman–Crippen MR) is 140 cm³/mol. The molecule has 5 unspecified atom stereocenters. The van der Waals surface area contributed by atoms with Gasteiger partial charge in [-0.3, -0.25) is 35.1 Å². The number of nitro groups is 2. The minimum Gasteiger partial charge on any atom is -0.388 e. The zero-order valence-corrected chi connectivity index (χ0v) is 20.8. The summed E-state index contributed by atoms with van der Waals surface area (Å²) in [5.74, 6) is -1.45. The molecule has 5 aromatic rings. The number of benzene rings is 3. The van der Waals surface area contributed by atoms with Gasteiger partial charge in [-0.25, -0.2) is 0 Å². The van der Waals surface area contributed by atoms with Gasteiger partial charge in [0.1, 0.15) is 18.2 Å². The minimum atomic E-state index is -1.57. The van der Waals surface area contributed by atoms with Crippen LogP contribution in [0.1, 0.15) is 33.0 Å². The first-order valence-electron chi connectivity index (χ1n) is 12.4. The standard InChI is InChI=1S/C26H17N5O10/c1-40-22-21(32)20-25(41-26(22)35)29-13-5-3-9(31(38)39)7-11(13)15-17-16(23(33)27-24(17)34)14-10-6-8(30(36)37)2-4-12(10)28(20)18(14)19(15)29/h2-7,20-22,25-26,32,35H,1H3,(H,27,33,34). The maximum Gasteiger partial charge on any atom is 0.270 e. The second kappa shape index (κ2) is 7.61. The van der Waals surface area contributed by atoms with E-state index < -0.39 is 52.4 Å². The van der Waals surface area contributed by atoms with Crippen LogP contribution in [0, 0.1) is 20.2 Å². The molecule has 3 aliphatic rings. The highest BCUT2D eigenvalue weighted by Gasteiger charge is 2.52. The molecule has 3 aromatic carbocycles. The number of rotatable bonds is 3. The van der Waals surface area contributed by atoms with Crippen LogP contribution in [0.25, 0.3) is 43.6 Å². The van der Waals surface area contributed by atoms with Crippen molar-refractivity contribution in [3.63, 3.8) is 0 Å². The first-order valence-corrected chi connectivity index (χ1v) is 12.4. The lowest BCUT2D eigenvalue weighted by Gasteiger charge is -2.46. The number of methoxy groups -OCH3 is 1. The van der Waals surface area contributed by atoms with Crippen molar-refractivity contribution < 1.29 is 39.1 Å². The number of amides is 2. The van der Waals surface area contributed by atoms with Crippen LogP contribution in [0.5, 0.6) is 0 Å². The van der Waals surface area contributed by atoms with Gasteiger partial charge in [0.2, 0.25) is 0 Å². The molecule has 1 fully saturated rings. The molecule has 15 nitrogen and oxygen atoms in total. The third kappa shape index (κ3) is 2.70. The Kier molecular flexibility index (Phi) is 4.43. The molecule has 5 atom stereocenters. The Bertz CT molecular complexity index is 2110. The van der Waals surface area contributed by atoms with Crippen molar-refractivity contribution in [1.82, 2.24) is 14.5 Å². The van der Waals surface area contributed by atoms with Crippen LogP contribution >= 0.6 is 0 Å². The summed E-state index contributed by atoms with van der Waals surface area (Å²) in [7, 11) is 1.30. The summed E-state index contributed by atoms with van der Waals surface area (Å²) >= 11 is 0. The molecule has 8 rings (SSSR count). The van der Waals surface area contributed by atoms with Crippen molar-refractivity contribution in [2.75, 3.05) is 7.11 Å². The largest absolute Gasteiger partial charge is 0.388 e. The fourth-order valence-corrected chi connectivity index (χ4v) is 6.89. The molecule has 2 aromatic heterocycles. The van der Waals surface area contributed by atoms with E-state index in [9.17, 15) is 40.0 Å².